The summed E-state index contributed by atoms with van der Waals surface area (Å²) in [6, 6.07) is 3.45. The Hall–Kier alpha value is -1.55. The molecular formula is C16H23NO3. The highest BCUT2D eigenvalue weighted by atomic mass is 16.5. The molecule has 1 aliphatic rings. The van der Waals surface area contributed by atoms with Crippen molar-refractivity contribution >= 4 is 5.91 Å². The number of rotatable bonds is 4. The molecule has 0 saturated carbocycles. The second-order valence-electron chi connectivity index (χ2n) is 5.59. The summed E-state index contributed by atoms with van der Waals surface area (Å²) in [5.74, 6) is 0.751. The van der Waals surface area contributed by atoms with E-state index in [1.807, 2.05) is 0 Å². The summed E-state index contributed by atoms with van der Waals surface area (Å²) in [7, 11) is 0. The number of benzene rings is 1. The maximum atomic E-state index is 12.1. The lowest BCUT2D eigenvalue weighted by Gasteiger charge is -2.21. The first-order valence-electron chi connectivity index (χ1n) is 7.24. The fourth-order valence-corrected chi connectivity index (χ4v) is 2.61. The number of phenols is 1. The number of nitrogens with one attached hydrogen (secondary N) is 1. The van der Waals surface area contributed by atoms with Crippen molar-refractivity contribution in [2.24, 2.45) is 5.92 Å². The van der Waals surface area contributed by atoms with E-state index in [0.29, 0.717) is 18.0 Å². The largest absolute Gasteiger partial charge is 0.507 e. The Morgan fingerprint density at radius 2 is 2.10 bits per heavy atom. The molecule has 1 saturated heterocycles. The summed E-state index contributed by atoms with van der Waals surface area (Å²) in [6.07, 6.45) is 3.27. The molecule has 1 atom stereocenters. The molecule has 1 aromatic carbocycles. The summed E-state index contributed by atoms with van der Waals surface area (Å²) in [4.78, 5) is 12.1. The standard InChI is InChI=1S/C16H23NO3/c1-11-8-14(9-12(2)15(11)18)16(19)17-6-5-13-4-3-7-20-10-13/h8-9,13,18H,3-7,10H2,1-2H3,(H,17,19)/t13-/m1/s1. The zero-order valence-corrected chi connectivity index (χ0v) is 12.2. The van der Waals surface area contributed by atoms with Crippen LogP contribution in [0.3, 0.4) is 0 Å². The second-order valence-corrected chi connectivity index (χ2v) is 5.59. The number of aryl methyl sites for hydroxylation is 2. The molecule has 0 aromatic heterocycles. The predicted molar refractivity (Wildman–Crippen MR) is 78.1 cm³/mol. The molecule has 4 heteroatoms. The smallest absolute Gasteiger partial charge is 0.251 e. The van der Waals surface area contributed by atoms with Gasteiger partial charge in [-0.3, -0.25) is 4.79 Å². The van der Waals surface area contributed by atoms with Crippen molar-refractivity contribution < 1.29 is 14.6 Å². The number of hydrogen-bond acceptors (Lipinski definition) is 3. The van der Waals surface area contributed by atoms with E-state index in [1.54, 1.807) is 26.0 Å². The van der Waals surface area contributed by atoms with E-state index in [1.165, 1.54) is 6.42 Å². The lowest BCUT2D eigenvalue weighted by atomic mass is 9.98. The van der Waals surface area contributed by atoms with Crippen LogP contribution in [0.5, 0.6) is 5.75 Å². The van der Waals surface area contributed by atoms with Crippen molar-refractivity contribution in [3.8, 4) is 5.75 Å². The summed E-state index contributed by atoms with van der Waals surface area (Å²) < 4.78 is 5.43. The summed E-state index contributed by atoms with van der Waals surface area (Å²) in [6.45, 7) is 5.96. The molecule has 0 bridgehead atoms. The Morgan fingerprint density at radius 3 is 2.70 bits per heavy atom. The van der Waals surface area contributed by atoms with E-state index in [4.69, 9.17) is 4.74 Å². The van der Waals surface area contributed by atoms with E-state index in [0.717, 1.165) is 37.2 Å². The Labute approximate surface area is 120 Å². The van der Waals surface area contributed by atoms with Gasteiger partial charge in [0.15, 0.2) is 0 Å². The normalized spacial score (nSPS) is 18.8. The first-order valence-corrected chi connectivity index (χ1v) is 7.24. The zero-order valence-electron chi connectivity index (χ0n) is 12.2. The molecule has 1 aliphatic heterocycles. The number of phenolic OH excluding ortho intramolecular Hbond substituents is 1. The second kappa shape index (κ2) is 6.75. The number of hydrogen-bond donors (Lipinski definition) is 2. The Balaban J connectivity index is 1.85. The molecule has 0 unspecified atom stereocenters. The van der Waals surface area contributed by atoms with Crippen LogP contribution in [0.1, 0.15) is 40.7 Å². The lowest BCUT2D eigenvalue weighted by molar-refractivity contribution is 0.0514. The Kier molecular flexibility index (Phi) is 5.01. The van der Waals surface area contributed by atoms with Crippen LogP contribution in [0.25, 0.3) is 0 Å². The van der Waals surface area contributed by atoms with Crippen LogP contribution in [0.2, 0.25) is 0 Å². The van der Waals surface area contributed by atoms with Crippen LogP contribution in [-0.4, -0.2) is 30.8 Å². The average molecular weight is 277 g/mol. The molecule has 20 heavy (non-hydrogen) atoms. The van der Waals surface area contributed by atoms with Crippen LogP contribution in [0.15, 0.2) is 12.1 Å². The number of ether oxygens (including phenoxy) is 1. The quantitative estimate of drug-likeness (QED) is 0.889. The molecule has 0 spiro atoms. The van der Waals surface area contributed by atoms with Gasteiger partial charge in [-0.1, -0.05) is 0 Å². The highest BCUT2D eigenvalue weighted by Gasteiger charge is 2.14. The highest BCUT2D eigenvalue weighted by molar-refractivity contribution is 5.94. The molecule has 1 fully saturated rings. The number of carbonyl (C=O) groups is 1. The fourth-order valence-electron chi connectivity index (χ4n) is 2.61. The van der Waals surface area contributed by atoms with Crippen molar-refractivity contribution in [1.82, 2.24) is 5.32 Å². The number of amides is 1. The van der Waals surface area contributed by atoms with E-state index in [-0.39, 0.29) is 11.7 Å². The molecule has 110 valence electrons. The van der Waals surface area contributed by atoms with Crippen molar-refractivity contribution in [1.29, 1.82) is 0 Å². The van der Waals surface area contributed by atoms with Gasteiger partial charge < -0.3 is 15.2 Å². The minimum atomic E-state index is -0.0760. The molecule has 2 rings (SSSR count). The third-order valence-corrected chi connectivity index (χ3v) is 3.85. The first kappa shape index (κ1) is 14.9. The Morgan fingerprint density at radius 1 is 1.40 bits per heavy atom. The van der Waals surface area contributed by atoms with Crippen molar-refractivity contribution in [2.45, 2.75) is 33.1 Å². The summed E-state index contributed by atoms with van der Waals surface area (Å²) in [5.41, 5.74) is 2.07. The minimum Gasteiger partial charge on any atom is -0.507 e. The van der Waals surface area contributed by atoms with Gasteiger partial charge in [0.1, 0.15) is 5.75 Å². The van der Waals surface area contributed by atoms with Crippen LogP contribution < -0.4 is 5.32 Å². The van der Waals surface area contributed by atoms with E-state index < -0.39 is 0 Å². The topological polar surface area (TPSA) is 58.6 Å². The fraction of sp³-hybridized carbons (Fsp3) is 0.562. The summed E-state index contributed by atoms with van der Waals surface area (Å²) >= 11 is 0. The van der Waals surface area contributed by atoms with Crippen LogP contribution in [0.4, 0.5) is 0 Å². The van der Waals surface area contributed by atoms with Crippen LogP contribution in [0, 0.1) is 19.8 Å². The maximum Gasteiger partial charge on any atom is 0.251 e. The van der Waals surface area contributed by atoms with E-state index >= 15 is 0 Å². The van der Waals surface area contributed by atoms with Gasteiger partial charge in [-0.25, -0.2) is 0 Å². The average Bonchev–Trinajstić information content (AvgIpc) is 2.45. The van der Waals surface area contributed by atoms with Gasteiger partial charge in [-0.15, -0.1) is 0 Å². The van der Waals surface area contributed by atoms with Crippen molar-refractivity contribution in [2.75, 3.05) is 19.8 Å². The zero-order chi connectivity index (χ0) is 14.5. The third-order valence-electron chi connectivity index (χ3n) is 3.85. The van der Waals surface area contributed by atoms with Gasteiger partial charge in [0.2, 0.25) is 0 Å². The highest BCUT2D eigenvalue weighted by Crippen LogP contribution is 2.23. The van der Waals surface area contributed by atoms with E-state index in [9.17, 15) is 9.90 Å². The lowest BCUT2D eigenvalue weighted by Crippen LogP contribution is -2.28. The molecule has 4 nitrogen and oxygen atoms in total. The van der Waals surface area contributed by atoms with Gasteiger partial charge in [0.05, 0.1) is 0 Å². The van der Waals surface area contributed by atoms with Gasteiger partial charge in [-0.05, 0) is 62.3 Å². The minimum absolute atomic E-state index is 0.0760. The number of aromatic hydroxyl groups is 1. The molecule has 2 N–H and O–H groups in total. The molecule has 0 aliphatic carbocycles. The van der Waals surface area contributed by atoms with Crippen molar-refractivity contribution in [3.05, 3.63) is 28.8 Å². The third kappa shape index (κ3) is 3.73. The molecular weight excluding hydrogens is 254 g/mol. The molecule has 1 amide bonds. The summed E-state index contributed by atoms with van der Waals surface area (Å²) in [5, 5.41) is 12.7. The van der Waals surface area contributed by atoms with Crippen molar-refractivity contribution in [3.63, 3.8) is 0 Å². The monoisotopic (exact) mass is 277 g/mol. The molecule has 1 heterocycles. The molecule has 1 aromatic rings. The predicted octanol–water partition coefficient (Wildman–Crippen LogP) is 2.56. The van der Waals surface area contributed by atoms with Gasteiger partial charge in [-0.2, -0.15) is 0 Å². The maximum absolute atomic E-state index is 12.1. The molecule has 0 radical (unpaired) electrons. The first-order chi connectivity index (χ1) is 9.58. The SMILES string of the molecule is Cc1cc(C(=O)NCC[C@H]2CCCOC2)cc(C)c1O. The van der Waals surface area contributed by atoms with Gasteiger partial charge in [0, 0.05) is 25.3 Å². The van der Waals surface area contributed by atoms with Gasteiger partial charge >= 0.3 is 0 Å². The Bertz CT molecular complexity index is 456. The van der Waals surface area contributed by atoms with Gasteiger partial charge in [0.25, 0.3) is 5.91 Å². The van der Waals surface area contributed by atoms with Crippen LogP contribution in [-0.2, 0) is 4.74 Å². The van der Waals surface area contributed by atoms with E-state index in [2.05, 4.69) is 5.32 Å². The number of carbonyl (C=O) groups excluding carboxylic acids is 1. The van der Waals surface area contributed by atoms with Crippen LogP contribution >= 0.6 is 0 Å².